The van der Waals surface area contributed by atoms with E-state index in [2.05, 4.69) is 25.5 Å². The van der Waals surface area contributed by atoms with Crippen molar-refractivity contribution in [2.24, 2.45) is 0 Å². The van der Waals surface area contributed by atoms with E-state index in [9.17, 15) is 22.4 Å². The molecule has 1 amide bonds. The molecule has 12 heteroatoms. The Labute approximate surface area is 173 Å². The molecule has 3 aromatic rings. The molecule has 8 nitrogen and oxygen atoms in total. The third-order valence-corrected chi connectivity index (χ3v) is 4.83. The second-order valence-electron chi connectivity index (χ2n) is 7.00. The first-order chi connectivity index (χ1) is 14.8. The number of piperidine rings is 1. The van der Waals surface area contributed by atoms with Gasteiger partial charge in [-0.15, -0.1) is 0 Å². The highest BCUT2D eigenvalue weighted by Gasteiger charge is 2.33. The number of anilines is 1. The number of aromatic nitrogens is 5. The summed E-state index contributed by atoms with van der Waals surface area (Å²) in [7, 11) is 0. The van der Waals surface area contributed by atoms with E-state index >= 15 is 0 Å². The lowest BCUT2D eigenvalue weighted by molar-refractivity contribution is -0.141. The molecule has 1 unspecified atom stereocenters. The molecule has 1 aliphatic heterocycles. The van der Waals surface area contributed by atoms with Crippen molar-refractivity contribution in [1.82, 2.24) is 29.9 Å². The van der Waals surface area contributed by atoms with Crippen LogP contribution >= 0.6 is 0 Å². The second kappa shape index (κ2) is 8.28. The van der Waals surface area contributed by atoms with Crippen molar-refractivity contribution in [1.29, 1.82) is 0 Å². The Hall–Kier alpha value is -3.57. The zero-order valence-electron chi connectivity index (χ0n) is 16.1. The summed E-state index contributed by atoms with van der Waals surface area (Å²) in [5.74, 6) is -0.776. The van der Waals surface area contributed by atoms with Crippen molar-refractivity contribution in [2.75, 3.05) is 18.4 Å². The van der Waals surface area contributed by atoms with Crippen LogP contribution in [0, 0.1) is 5.82 Å². The van der Waals surface area contributed by atoms with Crippen molar-refractivity contribution in [3.8, 4) is 5.69 Å². The summed E-state index contributed by atoms with van der Waals surface area (Å²) >= 11 is 0. The molecule has 162 valence electrons. The van der Waals surface area contributed by atoms with Crippen molar-refractivity contribution in [3.63, 3.8) is 0 Å². The van der Waals surface area contributed by atoms with Gasteiger partial charge in [0.25, 0.3) is 5.91 Å². The molecule has 0 spiro atoms. The van der Waals surface area contributed by atoms with Gasteiger partial charge in [0.2, 0.25) is 0 Å². The van der Waals surface area contributed by atoms with Crippen molar-refractivity contribution in [3.05, 3.63) is 60.1 Å². The fourth-order valence-electron chi connectivity index (χ4n) is 3.40. The van der Waals surface area contributed by atoms with E-state index in [-0.39, 0.29) is 24.0 Å². The maximum atomic E-state index is 13.9. The van der Waals surface area contributed by atoms with Crippen LogP contribution in [0.5, 0.6) is 0 Å². The van der Waals surface area contributed by atoms with Gasteiger partial charge >= 0.3 is 6.18 Å². The number of amides is 1. The average Bonchev–Trinajstić information content (AvgIpc) is 3.28. The molecule has 0 radical (unpaired) electrons. The van der Waals surface area contributed by atoms with E-state index in [1.54, 1.807) is 4.90 Å². The van der Waals surface area contributed by atoms with Gasteiger partial charge in [-0.05, 0) is 31.0 Å². The molecule has 3 heterocycles. The van der Waals surface area contributed by atoms with Gasteiger partial charge in [0.1, 0.15) is 11.6 Å². The fraction of sp³-hybridized carbons (Fsp3) is 0.316. The second-order valence-corrected chi connectivity index (χ2v) is 7.00. The molecular formula is C19H17F4N7O. The number of alkyl halides is 3. The number of nitrogens with zero attached hydrogens (tertiary/aromatic N) is 6. The predicted octanol–water partition coefficient (Wildman–Crippen LogP) is 2.93. The normalized spacial score (nSPS) is 16.9. The molecule has 4 rings (SSSR count). The standard InChI is InChI=1S/C19H17F4N7O/c20-12-3-4-15(30-26-5-6-27-30)14(8-12)18(31)29-7-1-2-13(11-29)28-17-10-24-16(9-25-17)19(21,22)23/h3-6,8-10,13H,1-2,7,11H2,(H,25,28). The highest BCUT2D eigenvalue weighted by Crippen LogP contribution is 2.27. The molecule has 31 heavy (non-hydrogen) atoms. The first-order valence-corrected chi connectivity index (χ1v) is 9.42. The summed E-state index contributed by atoms with van der Waals surface area (Å²) < 4.78 is 51.8. The van der Waals surface area contributed by atoms with E-state index in [1.807, 2.05) is 0 Å². The van der Waals surface area contributed by atoms with E-state index in [1.165, 1.54) is 29.3 Å². The maximum Gasteiger partial charge on any atom is 0.434 e. The lowest BCUT2D eigenvalue weighted by Gasteiger charge is -2.33. The topological polar surface area (TPSA) is 88.8 Å². The summed E-state index contributed by atoms with van der Waals surface area (Å²) in [6.07, 6.45) is 1.34. The van der Waals surface area contributed by atoms with Gasteiger partial charge in [0.05, 0.1) is 36.0 Å². The first kappa shape index (κ1) is 20.7. The van der Waals surface area contributed by atoms with Gasteiger partial charge < -0.3 is 10.2 Å². The first-order valence-electron chi connectivity index (χ1n) is 9.42. The zero-order valence-corrected chi connectivity index (χ0v) is 16.1. The maximum absolute atomic E-state index is 13.9. The molecule has 0 bridgehead atoms. The third kappa shape index (κ3) is 4.62. The molecule has 1 aliphatic rings. The smallest absolute Gasteiger partial charge is 0.364 e. The van der Waals surface area contributed by atoms with Gasteiger partial charge in [-0.3, -0.25) is 4.79 Å². The van der Waals surface area contributed by atoms with Gasteiger partial charge in [-0.2, -0.15) is 28.2 Å². The summed E-state index contributed by atoms with van der Waals surface area (Å²) in [5, 5.41) is 11.0. The van der Waals surface area contributed by atoms with Crippen molar-refractivity contribution >= 4 is 11.7 Å². The van der Waals surface area contributed by atoms with Gasteiger partial charge in [-0.1, -0.05) is 0 Å². The quantitative estimate of drug-likeness (QED) is 0.634. The number of halogens is 4. The molecule has 0 saturated carbocycles. The number of rotatable bonds is 4. The lowest BCUT2D eigenvalue weighted by atomic mass is 10.0. The number of carbonyl (C=O) groups is 1. The number of hydrogen-bond donors (Lipinski definition) is 1. The van der Waals surface area contributed by atoms with Crippen LogP contribution in [0.1, 0.15) is 28.9 Å². The Balaban J connectivity index is 1.49. The van der Waals surface area contributed by atoms with Crippen LogP contribution < -0.4 is 5.32 Å². The van der Waals surface area contributed by atoms with Gasteiger partial charge in [0.15, 0.2) is 5.69 Å². The van der Waals surface area contributed by atoms with Crippen LogP contribution in [0.4, 0.5) is 23.4 Å². The van der Waals surface area contributed by atoms with E-state index in [4.69, 9.17) is 0 Å². The number of carbonyl (C=O) groups excluding carboxylic acids is 1. The predicted molar refractivity (Wildman–Crippen MR) is 101 cm³/mol. The molecule has 0 aliphatic carbocycles. The number of hydrogen-bond acceptors (Lipinski definition) is 6. The fourth-order valence-corrected chi connectivity index (χ4v) is 3.40. The van der Waals surface area contributed by atoms with Gasteiger partial charge in [-0.25, -0.2) is 14.4 Å². The molecule has 2 aromatic heterocycles. The van der Waals surface area contributed by atoms with E-state index in [0.717, 1.165) is 12.3 Å². The van der Waals surface area contributed by atoms with Gasteiger partial charge in [0, 0.05) is 19.1 Å². The molecule has 1 N–H and O–H groups in total. The zero-order chi connectivity index (χ0) is 22.0. The van der Waals surface area contributed by atoms with Crippen LogP contribution in [-0.4, -0.2) is 54.9 Å². The number of likely N-dealkylation sites (tertiary alicyclic amines) is 1. The van der Waals surface area contributed by atoms with Crippen molar-refractivity contribution < 1.29 is 22.4 Å². The van der Waals surface area contributed by atoms with Crippen LogP contribution in [-0.2, 0) is 6.18 Å². The molecule has 1 atom stereocenters. The minimum Gasteiger partial charge on any atom is -0.364 e. The molecular weight excluding hydrogens is 418 g/mol. The Kier molecular flexibility index (Phi) is 5.53. The van der Waals surface area contributed by atoms with Crippen LogP contribution in [0.25, 0.3) is 5.69 Å². The number of benzene rings is 1. The lowest BCUT2D eigenvalue weighted by Crippen LogP contribution is -2.45. The minimum atomic E-state index is -4.56. The van der Waals surface area contributed by atoms with Crippen LogP contribution in [0.2, 0.25) is 0 Å². The molecule has 1 saturated heterocycles. The molecule has 1 aromatic carbocycles. The number of nitrogens with one attached hydrogen (secondary N) is 1. The Morgan fingerprint density at radius 3 is 2.58 bits per heavy atom. The van der Waals surface area contributed by atoms with Crippen LogP contribution in [0.3, 0.4) is 0 Å². The largest absolute Gasteiger partial charge is 0.434 e. The summed E-state index contributed by atoms with van der Waals surface area (Å²) in [5.41, 5.74) is -0.615. The average molecular weight is 435 g/mol. The Morgan fingerprint density at radius 1 is 1.13 bits per heavy atom. The molecule has 1 fully saturated rings. The van der Waals surface area contributed by atoms with E-state index in [0.29, 0.717) is 31.3 Å². The third-order valence-electron chi connectivity index (χ3n) is 4.83. The summed E-state index contributed by atoms with van der Waals surface area (Å²) in [6, 6.07) is 3.54. The Bertz CT molecular complexity index is 1050. The summed E-state index contributed by atoms with van der Waals surface area (Å²) in [4.78, 5) is 23.1. The minimum absolute atomic E-state index is 0.117. The summed E-state index contributed by atoms with van der Waals surface area (Å²) in [6.45, 7) is 0.724. The van der Waals surface area contributed by atoms with Crippen molar-refractivity contribution in [2.45, 2.75) is 25.1 Å². The Morgan fingerprint density at radius 2 is 1.90 bits per heavy atom. The van der Waals surface area contributed by atoms with E-state index < -0.39 is 23.6 Å². The highest BCUT2D eigenvalue weighted by molar-refractivity contribution is 5.97. The highest BCUT2D eigenvalue weighted by atomic mass is 19.4. The monoisotopic (exact) mass is 435 g/mol. The van der Waals surface area contributed by atoms with Crippen LogP contribution in [0.15, 0.2) is 43.0 Å². The SMILES string of the molecule is O=C(c1cc(F)ccc1-n1nccn1)N1CCCC(Nc2cnc(C(F)(F)F)cn2)C1.